The topological polar surface area (TPSA) is 113 Å². The molecule has 1 unspecified atom stereocenters. The van der Waals surface area contributed by atoms with Gasteiger partial charge >= 0.3 is 0 Å². The number of amides is 1. The van der Waals surface area contributed by atoms with Gasteiger partial charge in [-0.3, -0.25) is 9.79 Å². The molecule has 0 fully saturated rings. The first-order valence-electron chi connectivity index (χ1n) is 8.53. The van der Waals surface area contributed by atoms with Gasteiger partial charge in [0.25, 0.3) is 5.91 Å². The summed E-state index contributed by atoms with van der Waals surface area (Å²) in [4.78, 5) is 21.2. The molecule has 7 nitrogen and oxygen atoms in total. The highest BCUT2D eigenvalue weighted by molar-refractivity contribution is 8.13. The monoisotopic (exact) mass is 379 g/mol. The predicted molar refractivity (Wildman–Crippen MR) is 104 cm³/mol. The number of carbonyl (C=O) groups excluding carboxylic acids is 1. The number of nitrogens with two attached hydrogens (primary N) is 1. The van der Waals surface area contributed by atoms with Gasteiger partial charge in [-0.05, 0) is 36.8 Å². The van der Waals surface area contributed by atoms with Gasteiger partial charge < -0.3 is 15.8 Å². The van der Waals surface area contributed by atoms with Gasteiger partial charge in [-0.2, -0.15) is 5.26 Å². The molecule has 136 valence electrons. The van der Waals surface area contributed by atoms with Gasteiger partial charge in [-0.15, -0.1) is 0 Å². The van der Waals surface area contributed by atoms with Gasteiger partial charge in [0.05, 0.1) is 17.7 Å². The van der Waals surface area contributed by atoms with Crippen molar-refractivity contribution in [1.29, 1.82) is 5.26 Å². The van der Waals surface area contributed by atoms with Crippen molar-refractivity contribution in [3.63, 3.8) is 0 Å². The first kappa shape index (κ1) is 17.4. The maximum atomic E-state index is 12.5. The normalized spacial score (nSPS) is 20.8. The number of hydrogen-bond donors (Lipinski definition) is 2. The van der Waals surface area contributed by atoms with Crippen LogP contribution in [0.25, 0.3) is 0 Å². The van der Waals surface area contributed by atoms with Gasteiger partial charge in [0.1, 0.15) is 17.5 Å². The first-order chi connectivity index (χ1) is 13.1. The van der Waals surface area contributed by atoms with E-state index in [2.05, 4.69) is 10.3 Å². The second-order valence-corrected chi connectivity index (χ2v) is 7.50. The van der Waals surface area contributed by atoms with Crippen LogP contribution in [0.4, 0.5) is 5.69 Å². The number of anilines is 1. The third-order valence-corrected chi connectivity index (χ3v) is 5.52. The summed E-state index contributed by atoms with van der Waals surface area (Å²) < 4.78 is 5.78. The summed E-state index contributed by atoms with van der Waals surface area (Å²) in [6, 6.07) is 10.6. The SMILES string of the molecule is N#Cc1ccc(C(=O)Nc2ccc3c(c2)C2(CCO3)CCSC(N)=N2)nc1. The van der Waals surface area contributed by atoms with E-state index < -0.39 is 5.54 Å². The van der Waals surface area contributed by atoms with Crippen LogP contribution in [0, 0.1) is 11.3 Å². The van der Waals surface area contributed by atoms with Crippen molar-refractivity contribution in [2.45, 2.75) is 18.4 Å². The number of aromatic nitrogens is 1. The van der Waals surface area contributed by atoms with E-state index in [1.54, 1.807) is 23.9 Å². The zero-order valence-electron chi connectivity index (χ0n) is 14.4. The van der Waals surface area contributed by atoms with Crippen LogP contribution in [0.3, 0.4) is 0 Å². The number of nitrogens with zero attached hydrogens (tertiary/aromatic N) is 3. The Morgan fingerprint density at radius 3 is 2.96 bits per heavy atom. The van der Waals surface area contributed by atoms with Crippen LogP contribution >= 0.6 is 11.8 Å². The van der Waals surface area contributed by atoms with Crippen LogP contribution in [0.5, 0.6) is 5.75 Å². The van der Waals surface area contributed by atoms with Crippen molar-refractivity contribution in [3.05, 3.63) is 53.3 Å². The van der Waals surface area contributed by atoms with E-state index in [1.165, 1.54) is 12.3 Å². The fraction of sp³-hybridized carbons (Fsp3) is 0.263. The molecule has 2 aliphatic rings. The fourth-order valence-corrected chi connectivity index (χ4v) is 4.24. The Labute approximate surface area is 160 Å². The van der Waals surface area contributed by atoms with Crippen LogP contribution in [0.2, 0.25) is 0 Å². The van der Waals surface area contributed by atoms with Crippen LogP contribution in [-0.4, -0.2) is 28.4 Å². The molecule has 1 aromatic heterocycles. The zero-order valence-corrected chi connectivity index (χ0v) is 15.3. The molecule has 3 N–H and O–H groups in total. The van der Waals surface area contributed by atoms with E-state index in [4.69, 9.17) is 20.7 Å². The molecule has 8 heteroatoms. The van der Waals surface area contributed by atoms with Crippen molar-refractivity contribution in [1.82, 2.24) is 4.98 Å². The van der Waals surface area contributed by atoms with Crippen LogP contribution in [0.1, 0.15) is 34.5 Å². The minimum atomic E-state index is -0.393. The van der Waals surface area contributed by atoms with Crippen molar-refractivity contribution in [2.24, 2.45) is 10.7 Å². The highest BCUT2D eigenvalue weighted by atomic mass is 32.2. The maximum absolute atomic E-state index is 12.5. The van der Waals surface area contributed by atoms with Crippen LogP contribution in [-0.2, 0) is 5.54 Å². The molecule has 0 saturated heterocycles. The third-order valence-electron chi connectivity index (χ3n) is 4.73. The number of nitriles is 1. The summed E-state index contributed by atoms with van der Waals surface area (Å²) in [5, 5.41) is 12.3. The molecular formula is C19H17N5O2S. The summed E-state index contributed by atoms with van der Waals surface area (Å²) in [5.74, 6) is 1.34. The number of ether oxygens (including phenoxy) is 1. The molecule has 1 spiro atoms. The largest absolute Gasteiger partial charge is 0.493 e. The van der Waals surface area contributed by atoms with E-state index in [9.17, 15) is 4.79 Å². The number of aliphatic imine (C=N–C) groups is 1. The van der Waals surface area contributed by atoms with Crippen molar-refractivity contribution < 1.29 is 9.53 Å². The Morgan fingerprint density at radius 2 is 2.22 bits per heavy atom. The quantitative estimate of drug-likeness (QED) is 0.829. The van der Waals surface area contributed by atoms with Gasteiger partial charge in [0, 0.05) is 29.6 Å². The summed E-state index contributed by atoms with van der Waals surface area (Å²) in [5.41, 5.74) is 7.83. The Kier molecular flexibility index (Phi) is 4.46. The number of nitrogens with one attached hydrogen (secondary N) is 1. The van der Waals surface area contributed by atoms with Crippen LogP contribution < -0.4 is 15.8 Å². The summed E-state index contributed by atoms with van der Waals surface area (Å²) >= 11 is 1.56. The average molecular weight is 379 g/mol. The number of amidine groups is 1. The molecule has 1 atom stereocenters. The van der Waals surface area contributed by atoms with Gasteiger partial charge in [0.2, 0.25) is 0 Å². The highest BCUT2D eigenvalue weighted by Crippen LogP contribution is 2.46. The van der Waals surface area contributed by atoms with E-state index in [1.807, 2.05) is 18.2 Å². The molecule has 0 saturated carbocycles. The lowest BCUT2D eigenvalue weighted by Crippen LogP contribution is -2.36. The Bertz CT molecular complexity index is 967. The number of hydrogen-bond acceptors (Lipinski definition) is 7. The number of carbonyl (C=O) groups is 1. The van der Waals surface area contributed by atoms with E-state index in [-0.39, 0.29) is 11.6 Å². The molecule has 3 heterocycles. The van der Waals surface area contributed by atoms with Crippen molar-refractivity contribution >= 4 is 28.5 Å². The highest BCUT2D eigenvalue weighted by Gasteiger charge is 2.39. The molecule has 0 radical (unpaired) electrons. The minimum absolute atomic E-state index is 0.244. The maximum Gasteiger partial charge on any atom is 0.274 e. The third kappa shape index (κ3) is 3.34. The number of pyridine rings is 1. The molecule has 0 aliphatic carbocycles. The number of thioether (sulfide) groups is 1. The number of benzene rings is 1. The summed E-state index contributed by atoms with van der Waals surface area (Å²) in [7, 11) is 0. The second-order valence-electron chi connectivity index (χ2n) is 6.39. The molecule has 1 aromatic carbocycles. The average Bonchev–Trinajstić information content (AvgIpc) is 2.69. The Balaban J connectivity index is 1.63. The van der Waals surface area contributed by atoms with Crippen molar-refractivity contribution in [3.8, 4) is 11.8 Å². The van der Waals surface area contributed by atoms with Gasteiger partial charge in [0.15, 0.2) is 5.17 Å². The molecule has 1 amide bonds. The molecule has 2 aliphatic heterocycles. The smallest absolute Gasteiger partial charge is 0.274 e. The molecule has 27 heavy (non-hydrogen) atoms. The standard InChI is InChI=1S/C19H17N5O2S/c20-10-12-1-3-15(22-11-12)17(25)23-13-2-4-16-14(9-13)19(5-7-26-16)6-8-27-18(21)24-19/h1-4,9,11H,5-8H2,(H2,21,24)(H,23,25). The lowest BCUT2D eigenvalue weighted by Gasteiger charge is -2.38. The number of fused-ring (bicyclic) bond motifs is 2. The lowest BCUT2D eigenvalue weighted by atomic mass is 9.82. The molecule has 4 rings (SSSR count). The molecular weight excluding hydrogens is 362 g/mol. The Morgan fingerprint density at radius 1 is 1.33 bits per heavy atom. The van der Waals surface area contributed by atoms with E-state index in [0.29, 0.717) is 23.0 Å². The number of rotatable bonds is 2. The lowest BCUT2D eigenvalue weighted by molar-refractivity contribution is 0.102. The van der Waals surface area contributed by atoms with Gasteiger partial charge in [-0.25, -0.2) is 4.98 Å². The van der Waals surface area contributed by atoms with Crippen molar-refractivity contribution in [2.75, 3.05) is 17.7 Å². The molecule has 0 bridgehead atoms. The second kappa shape index (κ2) is 6.93. The minimum Gasteiger partial charge on any atom is -0.493 e. The van der Waals surface area contributed by atoms with Gasteiger partial charge in [-0.1, -0.05) is 11.8 Å². The Hall–Kier alpha value is -3.05. The summed E-state index contributed by atoms with van der Waals surface area (Å²) in [6.07, 6.45) is 3.01. The molecule has 2 aromatic rings. The first-order valence-corrected chi connectivity index (χ1v) is 9.51. The predicted octanol–water partition coefficient (Wildman–Crippen LogP) is 2.63. The zero-order chi connectivity index (χ0) is 18.9. The van der Waals surface area contributed by atoms with Crippen LogP contribution in [0.15, 0.2) is 41.5 Å². The van der Waals surface area contributed by atoms with E-state index in [0.717, 1.165) is 29.9 Å². The fourth-order valence-electron chi connectivity index (χ4n) is 3.35. The summed E-state index contributed by atoms with van der Waals surface area (Å²) in [6.45, 7) is 0.593. The van der Waals surface area contributed by atoms with E-state index >= 15 is 0 Å².